The SMILES string of the molecule is O=C(NCCCCCO)c1ccc(SC(F)(F)F)cc1. The normalized spacial score (nSPS) is 11.4. The Bertz CT molecular complexity index is 421. The number of carbonyl (C=O) groups excluding carboxylic acids is 1. The molecule has 1 rings (SSSR count). The molecule has 0 saturated heterocycles. The molecule has 0 heterocycles. The van der Waals surface area contributed by atoms with Gasteiger partial charge in [-0.1, -0.05) is 0 Å². The maximum atomic E-state index is 12.1. The molecule has 112 valence electrons. The van der Waals surface area contributed by atoms with Crippen molar-refractivity contribution < 1.29 is 23.1 Å². The van der Waals surface area contributed by atoms with Crippen LogP contribution >= 0.6 is 11.8 Å². The van der Waals surface area contributed by atoms with Crippen LogP contribution in [0.15, 0.2) is 29.2 Å². The van der Waals surface area contributed by atoms with Crippen molar-refractivity contribution in [3.63, 3.8) is 0 Å². The predicted octanol–water partition coefficient (Wildman–Crippen LogP) is 3.19. The lowest BCUT2D eigenvalue weighted by Crippen LogP contribution is -2.24. The molecule has 3 nitrogen and oxygen atoms in total. The van der Waals surface area contributed by atoms with Crippen LogP contribution in [0.3, 0.4) is 0 Å². The average molecular weight is 307 g/mol. The van der Waals surface area contributed by atoms with Crippen molar-refractivity contribution in [1.82, 2.24) is 5.32 Å². The zero-order valence-electron chi connectivity index (χ0n) is 10.7. The van der Waals surface area contributed by atoms with Crippen LogP contribution in [-0.4, -0.2) is 29.7 Å². The highest BCUT2D eigenvalue weighted by Crippen LogP contribution is 2.36. The average Bonchev–Trinajstić information content (AvgIpc) is 2.37. The minimum atomic E-state index is -4.32. The Hall–Kier alpha value is -1.21. The van der Waals surface area contributed by atoms with E-state index in [4.69, 9.17) is 5.11 Å². The van der Waals surface area contributed by atoms with Gasteiger partial charge in [0.1, 0.15) is 0 Å². The molecule has 0 saturated carbocycles. The number of alkyl halides is 3. The smallest absolute Gasteiger partial charge is 0.396 e. The number of nitrogens with one attached hydrogen (secondary N) is 1. The van der Waals surface area contributed by atoms with Gasteiger partial charge in [0.05, 0.1) is 0 Å². The number of thioether (sulfide) groups is 1. The first-order valence-corrected chi connectivity index (χ1v) is 6.99. The summed E-state index contributed by atoms with van der Waals surface area (Å²) in [6, 6.07) is 5.30. The van der Waals surface area contributed by atoms with Crippen LogP contribution in [0.4, 0.5) is 13.2 Å². The summed E-state index contributed by atoms with van der Waals surface area (Å²) in [6.45, 7) is 0.615. The number of hydrogen-bond donors (Lipinski definition) is 2. The van der Waals surface area contributed by atoms with E-state index < -0.39 is 5.51 Å². The molecule has 0 aliphatic rings. The van der Waals surface area contributed by atoms with E-state index >= 15 is 0 Å². The number of aliphatic hydroxyl groups is 1. The highest BCUT2D eigenvalue weighted by molar-refractivity contribution is 8.00. The van der Waals surface area contributed by atoms with Gasteiger partial charge in [-0.05, 0) is 55.3 Å². The van der Waals surface area contributed by atoms with Crippen molar-refractivity contribution in [1.29, 1.82) is 0 Å². The molecule has 1 aromatic rings. The van der Waals surface area contributed by atoms with E-state index in [1.165, 1.54) is 24.3 Å². The summed E-state index contributed by atoms with van der Waals surface area (Å²) in [5, 5.41) is 11.3. The standard InChI is InChI=1S/C13H16F3NO2S/c14-13(15,16)20-11-6-4-10(5-7-11)12(19)17-8-2-1-3-9-18/h4-7,18H,1-3,8-9H2,(H,17,19). The number of unbranched alkanes of at least 4 members (excludes halogenated alkanes) is 2. The highest BCUT2D eigenvalue weighted by atomic mass is 32.2. The van der Waals surface area contributed by atoms with E-state index in [-0.39, 0.29) is 29.2 Å². The molecule has 2 N–H and O–H groups in total. The highest BCUT2D eigenvalue weighted by Gasteiger charge is 2.29. The zero-order chi connectivity index (χ0) is 15.0. The largest absolute Gasteiger partial charge is 0.446 e. The van der Waals surface area contributed by atoms with E-state index in [0.717, 1.165) is 12.8 Å². The third-order valence-corrected chi connectivity index (χ3v) is 3.21. The molecular formula is C13H16F3NO2S. The summed E-state index contributed by atoms with van der Waals surface area (Å²) >= 11 is -0.207. The molecule has 1 amide bonds. The topological polar surface area (TPSA) is 49.3 Å². The third-order valence-electron chi connectivity index (χ3n) is 2.47. The first-order chi connectivity index (χ1) is 9.42. The molecule has 0 fully saturated rings. The van der Waals surface area contributed by atoms with E-state index in [1.807, 2.05) is 0 Å². The first-order valence-electron chi connectivity index (χ1n) is 6.17. The number of halogens is 3. The zero-order valence-corrected chi connectivity index (χ0v) is 11.6. The molecule has 0 bridgehead atoms. The molecule has 0 radical (unpaired) electrons. The van der Waals surface area contributed by atoms with Crippen LogP contribution in [0.1, 0.15) is 29.6 Å². The molecule has 0 aromatic heterocycles. The lowest BCUT2D eigenvalue weighted by Gasteiger charge is -2.07. The van der Waals surface area contributed by atoms with Gasteiger partial charge in [-0.2, -0.15) is 13.2 Å². The molecule has 7 heteroatoms. The number of benzene rings is 1. The van der Waals surface area contributed by atoms with Gasteiger partial charge in [-0.15, -0.1) is 0 Å². The minimum absolute atomic E-state index is 0.0528. The second-order valence-corrected chi connectivity index (χ2v) is 5.25. The van der Waals surface area contributed by atoms with E-state index in [9.17, 15) is 18.0 Å². The summed E-state index contributed by atoms with van der Waals surface area (Å²) < 4.78 is 36.4. The Morgan fingerprint density at radius 3 is 2.35 bits per heavy atom. The summed E-state index contributed by atoms with van der Waals surface area (Å²) in [7, 11) is 0. The monoisotopic (exact) mass is 307 g/mol. The van der Waals surface area contributed by atoms with Crippen LogP contribution in [0.2, 0.25) is 0 Å². The quantitative estimate of drug-likeness (QED) is 0.601. The summed E-state index contributed by atoms with van der Waals surface area (Å²) in [6.07, 6.45) is 2.27. The number of aliphatic hydroxyl groups excluding tert-OH is 1. The molecule has 0 aliphatic carbocycles. The van der Waals surface area contributed by atoms with Crippen LogP contribution < -0.4 is 5.32 Å². The Kier molecular flexibility index (Phi) is 6.87. The molecular weight excluding hydrogens is 291 g/mol. The fourth-order valence-electron chi connectivity index (χ4n) is 1.53. The fraction of sp³-hybridized carbons (Fsp3) is 0.462. The Labute approximate surface area is 119 Å². The fourth-order valence-corrected chi connectivity index (χ4v) is 2.06. The van der Waals surface area contributed by atoms with Crippen molar-refractivity contribution in [3.8, 4) is 0 Å². The van der Waals surface area contributed by atoms with Gasteiger partial charge >= 0.3 is 5.51 Å². The summed E-state index contributed by atoms with van der Waals surface area (Å²) in [4.78, 5) is 11.7. The molecule has 0 atom stereocenters. The molecule has 1 aromatic carbocycles. The van der Waals surface area contributed by atoms with Gasteiger partial charge in [0.15, 0.2) is 0 Å². The first kappa shape index (κ1) is 16.8. The lowest BCUT2D eigenvalue weighted by molar-refractivity contribution is -0.0328. The van der Waals surface area contributed by atoms with Crippen LogP contribution in [0, 0.1) is 0 Å². The second kappa shape index (κ2) is 8.16. The maximum Gasteiger partial charge on any atom is 0.446 e. The van der Waals surface area contributed by atoms with Crippen molar-refractivity contribution in [2.75, 3.05) is 13.2 Å². The van der Waals surface area contributed by atoms with Gasteiger partial charge in [0.25, 0.3) is 5.91 Å². The number of hydrogen-bond acceptors (Lipinski definition) is 3. The molecule has 0 spiro atoms. The van der Waals surface area contributed by atoms with Crippen molar-refractivity contribution in [3.05, 3.63) is 29.8 Å². The maximum absolute atomic E-state index is 12.1. The van der Waals surface area contributed by atoms with Crippen LogP contribution in [-0.2, 0) is 0 Å². The Morgan fingerprint density at radius 2 is 1.80 bits per heavy atom. The van der Waals surface area contributed by atoms with Crippen LogP contribution in [0.5, 0.6) is 0 Å². The van der Waals surface area contributed by atoms with Gasteiger partial charge in [-0.3, -0.25) is 4.79 Å². The predicted molar refractivity (Wildman–Crippen MR) is 71.6 cm³/mol. The van der Waals surface area contributed by atoms with Crippen molar-refractivity contribution >= 4 is 17.7 Å². The van der Waals surface area contributed by atoms with E-state index in [0.29, 0.717) is 18.5 Å². The van der Waals surface area contributed by atoms with E-state index in [1.54, 1.807) is 0 Å². The van der Waals surface area contributed by atoms with Crippen LogP contribution in [0.25, 0.3) is 0 Å². The van der Waals surface area contributed by atoms with Crippen molar-refractivity contribution in [2.24, 2.45) is 0 Å². The molecule has 20 heavy (non-hydrogen) atoms. The third kappa shape index (κ3) is 6.81. The second-order valence-electron chi connectivity index (χ2n) is 4.11. The Balaban J connectivity index is 2.41. The van der Waals surface area contributed by atoms with Crippen molar-refractivity contribution in [2.45, 2.75) is 29.7 Å². The van der Waals surface area contributed by atoms with Gasteiger partial charge in [0, 0.05) is 23.6 Å². The summed E-state index contributed by atoms with van der Waals surface area (Å²) in [5.74, 6) is -0.308. The van der Waals surface area contributed by atoms with Gasteiger partial charge < -0.3 is 10.4 Å². The number of carbonyl (C=O) groups is 1. The minimum Gasteiger partial charge on any atom is -0.396 e. The number of amides is 1. The number of rotatable bonds is 7. The molecule has 0 unspecified atom stereocenters. The van der Waals surface area contributed by atoms with Gasteiger partial charge in [0.2, 0.25) is 0 Å². The van der Waals surface area contributed by atoms with Gasteiger partial charge in [-0.25, -0.2) is 0 Å². The van der Waals surface area contributed by atoms with E-state index in [2.05, 4.69) is 5.32 Å². The summed E-state index contributed by atoms with van der Waals surface area (Å²) in [5.41, 5.74) is -3.99. The lowest BCUT2D eigenvalue weighted by atomic mass is 10.2. The molecule has 0 aliphatic heterocycles. The Morgan fingerprint density at radius 1 is 1.15 bits per heavy atom.